The van der Waals surface area contributed by atoms with Crippen LogP contribution in [0.5, 0.6) is 5.75 Å². The van der Waals surface area contributed by atoms with Gasteiger partial charge in [0.15, 0.2) is 0 Å². The number of rotatable bonds is 8. The number of benzene rings is 2. The van der Waals surface area contributed by atoms with Crippen molar-refractivity contribution < 1.29 is 9.53 Å². The van der Waals surface area contributed by atoms with Gasteiger partial charge >= 0.3 is 0 Å². The number of hydrogen-bond acceptors (Lipinski definition) is 4. The van der Waals surface area contributed by atoms with Crippen molar-refractivity contribution in [2.45, 2.75) is 71.5 Å². The summed E-state index contributed by atoms with van der Waals surface area (Å²) in [5.41, 5.74) is 3.81. The normalized spacial score (nSPS) is 19.2. The maximum Gasteiger partial charge on any atom is 0.237 e. The van der Waals surface area contributed by atoms with E-state index in [0.717, 1.165) is 56.6 Å². The molecule has 0 radical (unpaired) electrons. The summed E-state index contributed by atoms with van der Waals surface area (Å²) < 4.78 is 5.86. The summed E-state index contributed by atoms with van der Waals surface area (Å²) in [6.45, 7) is 10.7. The molecule has 2 saturated heterocycles. The lowest BCUT2D eigenvalue weighted by atomic mass is 9.80. The summed E-state index contributed by atoms with van der Waals surface area (Å²) >= 11 is 0. The first-order chi connectivity index (χ1) is 16.4. The minimum atomic E-state index is 0.0458. The minimum Gasteiger partial charge on any atom is -0.493 e. The van der Waals surface area contributed by atoms with Gasteiger partial charge in [0.1, 0.15) is 5.75 Å². The SMILES string of the molecule is CCc1ccc(CN2N(Cc3ccc(OCC(C)C)cc3)C(=O)CCC23CCN(C)CC3)cc1. The number of hydrogen-bond donors (Lipinski definition) is 0. The molecule has 2 heterocycles. The van der Waals surface area contributed by atoms with E-state index < -0.39 is 0 Å². The lowest BCUT2D eigenvalue weighted by Crippen LogP contribution is -2.64. The van der Waals surface area contributed by atoms with Gasteiger partial charge in [0.05, 0.1) is 13.2 Å². The van der Waals surface area contributed by atoms with Crippen molar-refractivity contribution in [3.05, 3.63) is 65.2 Å². The fourth-order valence-corrected chi connectivity index (χ4v) is 5.14. The van der Waals surface area contributed by atoms with E-state index in [-0.39, 0.29) is 11.4 Å². The molecule has 5 nitrogen and oxygen atoms in total. The third-order valence-corrected chi connectivity index (χ3v) is 7.45. The summed E-state index contributed by atoms with van der Waals surface area (Å²) in [7, 11) is 2.20. The topological polar surface area (TPSA) is 36.0 Å². The number of amides is 1. The van der Waals surface area contributed by atoms with Crippen molar-refractivity contribution in [3.63, 3.8) is 0 Å². The highest BCUT2D eigenvalue weighted by molar-refractivity contribution is 5.76. The van der Waals surface area contributed by atoms with Crippen LogP contribution in [-0.4, -0.2) is 53.1 Å². The Bertz CT molecular complexity index is 931. The first-order valence-corrected chi connectivity index (χ1v) is 12.9. The molecule has 184 valence electrons. The van der Waals surface area contributed by atoms with Gasteiger partial charge in [-0.1, -0.05) is 57.2 Å². The van der Waals surface area contributed by atoms with Gasteiger partial charge in [-0.05, 0) is 80.6 Å². The number of piperidine rings is 1. The Morgan fingerprint density at radius 1 is 0.882 bits per heavy atom. The molecule has 1 amide bonds. The number of ether oxygens (including phenoxy) is 1. The Hall–Kier alpha value is -2.37. The Morgan fingerprint density at radius 2 is 1.47 bits per heavy atom. The Morgan fingerprint density at radius 3 is 2.09 bits per heavy atom. The first-order valence-electron chi connectivity index (χ1n) is 12.9. The summed E-state index contributed by atoms with van der Waals surface area (Å²) in [6, 6.07) is 17.2. The second kappa shape index (κ2) is 10.9. The maximum atomic E-state index is 13.3. The van der Waals surface area contributed by atoms with Crippen LogP contribution in [0.3, 0.4) is 0 Å². The number of carbonyl (C=O) groups excluding carboxylic acids is 1. The number of carbonyl (C=O) groups is 1. The van der Waals surface area contributed by atoms with Crippen LogP contribution in [0, 0.1) is 5.92 Å². The molecule has 4 rings (SSSR count). The summed E-state index contributed by atoms with van der Waals surface area (Å²) in [4.78, 5) is 15.7. The van der Waals surface area contributed by atoms with Crippen LogP contribution >= 0.6 is 0 Å². The molecule has 0 unspecified atom stereocenters. The van der Waals surface area contributed by atoms with E-state index in [9.17, 15) is 4.79 Å². The van der Waals surface area contributed by atoms with E-state index in [4.69, 9.17) is 4.74 Å². The average molecular weight is 464 g/mol. The molecule has 2 aromatic carbocycles. The molecule has 2 aliphatic rings. The van der Waals surface area contributed by atoms with E-state index in [1.807, 2.05) is 17.1 Å². The van der Waals surface area contributed by atoms with Crippen molar-refractivity contribution >= 4 is 5.91 Å². The maximum absolute atomic E-state index is 13.3. The lowest BCUT2D eigenvalue weighted by Gasteiger charge is -2.55. The highest BCUT2D eigenvalue weighted by atomic mass is 16.5. The fraction of sp³-hybridized carbons (Fsp3) is 0.552. The van der Waals surface area contributed by atoms with E-state index >= 15 is 0 Å². The van der Waals surface area contributed by atoms with Crippen molar-refractivity contribution in [3.8, 4) is 5.75 Å². The first kappa shape index (κ1) is 24.7. The van der Waals surface area contributed by atoms with Crippen LogP contribution in [0.2, 0.25) is 0 Å². The molecule has 2 aromatic rings. The number of hydrazine groups is 1. The van der Waals surface area contributed by atoms with Gasteiger partial charge in [-0.15, -0.1) is 0 Å². The lowest BCUT2D eigenvalue weighted by molar-refractivity contribution is -0.191. The zero-order chi connectivity index (χ0) is 24.1. The molecule has 0 N–H and O–H groups in total. The van der Waals surface area contributed by atoms with E-state index in [1.165, 1.54) is 11.1 Å². The number of likely N-dealkylation sites (tertiary alicyclic amines) is 1. The smallest absolute Gasteiger partial charge is 0.237 e. The molecule has 34 heavy (non-hydrogen) atoms. The molecule has 0 atom stereocenters. The van der Waals surface area contributed by atoms with Gasteiger partial charge in [0.2, 0.25) is 5.91 Å². The van der Waals surface area contributed by atoms with Crippen LogP contribution < -0.4 is 4.74 Å². The molecular formula is C29H41N3O2. The van der Waals surface area contributed by atoms with E-state index in [2.05, 4.69) is 74.1 Å². The molecule has 0 aliphatic carbocycles. The molecule has 1 spiro atoms. The molecule has 0 saturated carbocycles. The quantitative estimate of drug-likeness (QED) is 0.533. The van der Waals surface area contributed by atoms with E-state index in [0.29, 0.717) is 25.5 Å². The monoisotopic (exact) mass is 463 g/mol. The second-order valence-corrected chi connectivity index (χ2v) is 10.6. The van der Waals surface area contributed by atoms with Crippen molar-refractivity contribution in [2.24, 2.45) is 5.92 Å². The van der Waals surface area contributed by atoms with Crippen molar-refractivity contribution in [2.75, 3.05) is 26.7 Å². The predicted octanol–water partition coefficient (Wildman–Crippen LogP) is 5.29. The highest BCUT2D eigenvalue weighted by Gasteiger charge is 2.46. The zero-order valence-corrected chi connectivity index (χ0v) is 21.4. The van der Waals surface area contributed by atoms with Gasteiger partial charge in [0, 0.05) is 18.5 Å². The summed E-state index contributed by atoms with van der Waals surface area (Å²) in [5, 5.41) is 4.47. The second-order valence-electron chi connectivity index (χ2n) is 10.6. The minimum absolute atomic E-state index is 0.0458. The third kappa shape index (κ3) is 5.81. The summed E-state index contributed by atoms with van der Waals surface area (Å²) in [5.74, 6) is 1.62. The van der Waals surface area contributed by atoms with Gasteiger partial charge in [-0.3, -0.25) is 9.80 Å². The van der Waals surface area contributed by atoms with Crippen LogP contribution in [0.1, 0.15) is 63.1 Å². The number of nitrogens with zero attached hydrogens (tertiary/aromatic N) is 3. The van der Waals surface area contributed by atoms with Crippen molar-refractivity contribution in [1.29, 1.82) is 0 Å². The predicted molar refractivity (Wildman–Crippen MR) is 137 cm³/mol. The fourth-order valence-electron chi connectivity index (χ4n) is 5.14. The molecule has 2 fully saturated rings. The van der Waals surface area contributed by atoms with Gasteiger partial charge < -0.3 is 9.64 Å². The molecular weight excluding hydrogens is 422 g/mol. The van der Waals surface area contributed by atoms with Gasteiger partial charge in [0.25, 0.3) is 0 Å². The van der Waals surface area contributed by atoms with Gasteiger partial charge in [-0.25, -0.2) is 5.01 Å². The average Bonchev–Trinajstić information content (AvgIpc) is 2.85. The highest BCUT2D eigenvalue weighted by Crippen LogP contribution is 2.40. The number of aryl methyl sites for hydroxylation is 1. The Kier molecular flexibility index (Phi) is 7.95. The molecule has 0 aromatic heterocycles. The standard InChI is InChI=1S/C29H41N3O2/c1-5-24-6-8-26(9-7-24)21-32-29(16-18-30(4)19-17-29)15-14-28(33)31(32)20-25-10-12-27(13-11-25)34-22-23(2)3/h6-13,23H,5,14-22H2,1-4H3. The van der Waals surface area contributed by atoms with Crippen LogP contribution in [0.25, 0.3) is 0 Å². The van der Waals surface area contributed by atoms with Crippen LogP contribution in [-0.2, 0) is 24.3 Å². The van der Waals surface area contributed by atoms with E-state index in [1.54, 1.807) is 0 Å². The Balaban J connectivity index is 1.57. The molecule has 5 heteroatoms. The Labute approximate surface area is 205 Å². The molecule has 2 aliphatic heterocycles. The van der Waals surface area contributed by atoms with Gasteiger partial charge in [-0.2, -0.15) is 0 Å². The third-order valence-electron chi connectivity index (χ3n) is 7.45. The van der Waals surface area contributed by atoms with Crippen LogP contribution in [0.4, 0.5) is 0 Å². The van der Waals surface area contributed by atoms with Crippen molar-refractivity contribution in [1.82, 2.24) is 14.9 Å². The molecule has 0 bridgehead atoms. The summed E-state index contributed by atoms with van der Waals surface area (Å²) in [6.07, 6.45) is 4.82. The van der Waals surface area contributed by atoms with Crippen LogP contribution in [0.15, 0.2) is 48.5 Å². The zero-order valence-electron chi connectivity index (χ0n) is 21.4. The largest absolute Gasteiger partial charge is 0.493 e.